The summed E-state index contributed by atoms with van der Waals surface area (Å²) in [6, 6.07) is 1.62. The zero-order chi connectivity index (χ0) is 10.6. The summed E-state index contributed by atoms with van der Waals surface area (Å²) >= 11 is 1.29. The van der Waals surface area contributed by atoms with E-state index in [2.05, 4.69) is 10.5 Å². The van der Waals surface area contributed by atoms with Crippen LogP contribution in [-0.2, 0) is 0 Å². The lowest BCUT2D eigenvalue weighted by atomic mass is 10.4. The Bertz CT molecular complexity index is 345. The van der Waals surface area contributed by atoms with Crippen LogP contribution < -0.4 is 11.2 Å². The molecule has 0 spiro atoms. The number of thiophene rings is 1. The summed E-state index contributed by atoms with van der Waals surface area (Å²) in [7, 11) is 3.64. The summed E-state index contributed by atoms with van der Waals surface area (Å²) in [6.07, 6.45) is 1.51. The van der Waals surface area contributed by atoms with Crippen molar-refractivity contribution >= 4 is 29.3 Å². The quantitative estimate of drug-likeness (QED) is 0.437. The fraction of sp³-hybridized carbons (Fsp3) is 0.250. The minimum atomic E-state index is -0.246. The molecule has 0 aliphatic heterocycles. The molecule has 1 aromatic heterocycles. The SMILES string of the molecule is CN(C)/C=N/NC(=O)c1cc(N)cs1. The molecule has 0 atom stereocenters. The van der Waals surface area contributed by atoms with Crippen LogP contribution in [0.4, 0.5) is 5.69 Å². The standard InChI is InChI=1S/C8H12N4OS/c1-12(2)5-10-11-8(13)7-3-6(9)4-14-7/h3-5H,9H2,1-2H3,(H,11,13)/b10-5+. The van der Waals surface area contributed by atoms with Gasteiger partial charge in [0, 0.05) is 25.2 Å². The van der Waals surface area contributed by atoms with E-state index in [0.29, 0.717) is 10.6 Å². The average Bonchev–Trinajstić information content (AvgIpc) is 2.51. The van der Waals surface area contributed by atoms with Crippen LogP contribution in [0.2, 0.25) is 0 Å². The van der Waals surface area contributed by atoms with E-state index in [4.69, 9.17) is 5.73 Å². The number of anilines is 1. The molecule has 1 amide bonds. The number of hydrazone groups is 1. The van der Waals surface area contributed by atoms with Crippen molar-refractivity contribution < 1.29 is 4.79 Å². The smallest absolute Gasteiger partial charge is 0.281 e. The van der Waals surface area contributed by atoms with Crippen molar-refractivity contribution in [3.05, 3.63) is 16.3 Å². The highest BCUT2D eigenvalue weighted by Crippen LogP contribution is 2.15. The molecule has 0 bridgehead atoms. The first kappa shape index (κ1) is 10.5. The average molecular weight is 212 g/mol. The number of nitrogens with one attached hydrogen (secondary N) is 1. The second-order valence-corrected chi connectivity index (χ2v) is 3.80. The van der Waals surface area contributed by atoms with E-state index in [1.54, 1.807) is 16.3 Å². The topological polar surface area (TPSA) is 70.7 Å². The Morgan fingerprint density at radius 2 is 2.43 bits per heavy atom. The molecule has 0 saturated carbocycles. The van der Waals surface area contributed by atoms with E-state index in [-0.39, 0.29) is 5.91 Å². The number of nitrogen functional groups attached to an aromatic ring is 1. The van der Waals surface area contributed by atoms with Gasteiger partial charge in [0.2, 0.25) is 0 Å². The van der Waals surface area contributed by atoms with Gasteiger partial charge in [-0.2, -0.15) is 5.10 Å². The van der Waals surface area contributed by atoms with Crippen LogP contribution in [0.15, 0.2) is 16.5 Å². The third kappa shape index (κ3) is 3.06. The normalized spacial score (nSPS) is 10.4. The summed E-state index contributed by atoms with van der Waals surface area (Å²) in [5.74, 6) is -0.246. The molecule has 0 aliphatic rings. The number of carbonyl (C=O) groups excluding carboxylic acids is 1. The highest BCUT2D eigenvalue weighted by Gasteiger charge is 2.05. The molecule has 1 rings (SSSR count). The van der Waals surface area contributed by atoms with E-state index in [0.717, 1.165) is 0 Å². The molecule has 5 nitrogen and oxygen atoms in total. The second kappa shape index (κ2) is 4.61. The van der Waals surface area contributed by atoms with Gasteiger partial charge in [-0.25, -0.2) is 5.43 Å². The van der Waals surface area contributed by atoms with E-state index in [1.165, 1.54) is 17.7 Å². The van der Waals surface area contributed by atoms with E-state index < -0.39 is 0 Å². The zero-order valence-electron chi connectivity index (χ0n) is 8.02. The molecule has 1 heterocycles. The third-order valence-corrected chi connectivity index (χ3v) is 2.25. The highest BCUT2D eigenvalue weighted by atomic mass is 32.1. The number of rotatable bonds is 3. The monoisotopic (exact) mass is 212 g/mol. The van der Waals surface area contributed by atoms with Crippen molar-refractivity contribution in [1.82, 2.24) is 10.3 Å². The van der Waals surface area contributed by atoms with E-state index >= 15 is 0 Å². The van der Waals surface area contributed by atoms with Gasteiger partial charge in [0.1, 0.15) is 6.34 Å². The number of hydrogen-bond donors (Lipinski definition) is 2. The minimum absolute atomic E-state index is 0.246. The first-order valence-electron chi connectivity index (χ1n) is 3.93. The minimum Gasteiger partial charge on any atom is -0.398 e. The van der Waals surface area contributed by atoms with Gasteiger partial charge in [-0.15, -0.1) is 11.3 Å². The third-order valence-electron chi connectivity index (χ3n) is 1.30. The second-order valence-electron chi connectivity index (χ2n) is 2.89. The molecule has 3 N–H and O–H groups in total. The van der Waals surface area contributed by atoms with Crippen molar-refractivity contribution in [3.8, 4) is 0 Å². The number of nitrogens with zero attached hydrogens (tertiary/aromatic N) is 2. The molecular weight excluding hydrogens is 200 g/mol. The maximum atomic E-state index is 11.4. The molecule has 76 valence electrons. The van der Waals surface area contributed by atoms with Crippen LogP contribution in [0, 0.1) is 0 Å². The number of amides is 1. The lowest BCUT2D eigenvalue weighted by Gasteiger charge is -2.01. The van der Waals surface area contributed by atoms with E-state index in [9.17, 15) is 4.79 Å². The predicted molar refractivity (Wildman–Crippen MR) is 58.4 cm³/mol. The van der Waals surface area contributed by atoms with E-state index in [1.807, 2.05) is 14.1 Å². The lowest BCUT2D eigenvalue weighted by Crippen LogP contribution is -2.19. The van der Waals surface area contributed by atoms with Gasteiger partial charge in [0.05, 0.1) is 4.88 Å². The Balaban J connectivity index is 2.51. The van der Waals surface area contributed by atoms with Gasteiger partial charge in [-0.1, -0.05) is 0 Å². The molecule has 0 fully saturated rings. The van der Waals surface area contributed by atoms with Crippen LogP contribution >= 0.6 is 11.3 Å². The van der Waals surface area contributed by atoms with Gasteiger partial charge in [-0.05, 0) is 6.07 Å². The Labute approximate surface area is 86.2 Å². The number of carbonyl (C=O) groups is 1. The van der Waals surface area contributed by atoms with Crippen LogP contribution in [0.5, 0.6) is 0 Å². The Hall–Kier alpha value is -1.56. The van der Waals surface area contributed by atoms with Crippen LogP contribution in [0.3, 0.4) is 0 Å². The zero-order valence-corrected chi connectivity index (χ0v) is 8.84. The molecule has 0 unspecified atom stereocenters. The van der Waals surface area contributed by atoms with Crippen molar-refractivity contribution in [2.45, 2.75) is 0 Å². The van der Waals surface area contributed by atoms with Crippen molar-refractivity contribution in [1.29, 1.82) is 0 Å². The van der Waals surface area contributed by atoms with Crippen molar-refractivity contribution in [3.63, 3.8) is 0 Å². The Morgan fingerprint density at radius 1 is 1.71 bits per heavy atom. The molecule has 0 radical (unpaired) electrons. The number of nitrogens with two attached hydrogens (primary N) is 1. The summed E-state index contributed by atoms with van der Waals surface area (Å²) in [6.45, 7) is 0. The van der Waals surface area contributed by atoms with Crippen LogP contribution in [0.1, 0.15) is 9.67 Å². The van der Waals surface area contributed by atoms with Gasteiger partial charge >= 0.3 is 0 Å². The lowest BCUT2D eigenvalue weighted by molar-refractivity contribution is 0.0959. The molecule has 0 aliphatic carbocycles. The van der Waals surface area contributed by atoms with Gasteiger partial charge in [-0.3, -0.25) is 4.79 Å². The van der Waals surface area contributed by atoms with Gasteiger partial charge in [0.25, 0.3) is 5.91 Å². The van der Waals surface area contributed by atoms with Gasteiger partial charge < -0.3 is 10.6 Å². The van der Waals surface area contributed by atoms with Crippen molar-refractivity contribution in [2.75, 3.05) is 19.8 Å². The molecular formula is C8H12N4OS. The molecule has 0 saturated heterocycles. The van der Waals surface area contributed by atoms with Crippen molar-refractivity contribution in [2.24, 2.45) is 5.10 Å². The highest BCUT2D eigenvalue weighted by molar-refractivity contribution is 7.12. The summed E-state index contributed by atoms with van der Waals surface area (Å²) in [5, 5.41) is 5.44. The molecule has 0 aromatic carbocycles. The molecule has 14 heavy (non-hydrogen) atoms. The Kier molecular flexibility index (Phi) is 3.47. The van der Waals surface area contributed by atoms with Gasteiger partial charge in [0.15, 0.2) is 0 Å². The first-order chi connectivity index (χ1) is 6.59. The number of hydrogen-bond acceptors (Lipinski definition) is 4. The fourth-order valence-electron chi connectivity index (χ4n) is 0.728. The first-order valence-corrected chi connectivity index (χ1v) is 4.81. The summed E-state index contributed by atoms with van der Waals surface area (Å²) < 4.78 is 0. The molecule has 6 heteroatoms. The van der Waals surface area contributed by atoms with Crippen LogP contribution in [-0.4, -0.2) is 31.2 Å². The summed E-state index contributed by atoms with van der Waals surface area (Å²) in [5.41, 5.74) is 8.46. The fourth-order valence-corrected chi connectivity index (χ4v) is 1.42. The maximum absolute atomic E-state index is 11.4. The largest absolute Gasteiger partial charge is 0.398 e. The maximum Gasteiger partial charge on any atom is 0.281 e. The predicted octanol–water partition coefficient (Wildman–Crippen LogP) is 0.565. The van der Waals surface area contributed by atoms with Crippen LogP contribution in [0.25, 0.3) is 0 Å². The summed E-state index contributed by atoms with van der Waals surface area (Å²) in [4.78, 5) is 13.6. The Morgan fingerprint density at radius 3 is 2.93 bits per heavy atom. The molecule has 1 aromatic rings.